The number of hydrogen-bond donors (Lipinski definition) is 2. The van der Waals surface area contributed by atoms with Crippen LogP contribution in [-0.2, 0) is 22.5 Å². The van der Waals surface area contributed by atoms with Crippen LogP contribution in [0.1, 0.15) is 24.0 Å². The van der Waals surface area contributed by atoms with Gasteiger partial charge in [0.1, 0.15) is 0 Å². The van der Waals surface area contributed by atoms with Crippen molar-refractivity contribution >= 4 is 5.91 Å². The molecule has 0 bridgehead atoms. The number of carbonyl (C=O) groups excluding carboxylic acids is 1. The summed E-state index contributed by atoms with van der Waals surface area (Å²) >= 11 is 0. The molecule has 0 saturated carbocycles. The quantitative estimate of drug-likeness (QED) is 0.837. The molecule has 1 aliphatic rings. The van der Waals surface area contributed by atoms with Crippen molar-refractivity contribution in [2.75, 3.05) is 26.8 Å². The number of carbonyl (C=O) groups is 1. The second kappa shape index (κ2) is 7.02. The van der Waals surface area contributed by atoms with Crippen molar-refractivity contribution in [2.45, 2.75) is 31.4 Å². The van der Waals surface area contributed by atoms with E-state index in [0.717, 1.165) is 11.1 Å². The molecule has 0 radical (unpaired) electrons. The summed E-state index contributed by atoms with van der Waals surface area (Å²) in [5.74, 6) is -0.00387. The van der Waals surface area contributed by atoms with Crippen molar-refractivity contribution in [1.82, 2.24) is 4.90 Å². The van der Waals surface area contributed by atoms with Crippen LogP contribution in [0.25, 0.3) is 0 Å². The minimum absolute atomic E-state index is 0.00387. The van der Waals surface area contributed by atoms with Crippen molar-refractivity contribution in [3.05, 3.63) is 35.4 Å². The van der Waals surface area contributed by atoms with E-state index in [1.54, 1.807) is 11.9 Å². The highest BCUT2D eigenvalue weighted by Crippen LogP contribution is 2.21. The van der Waals surface area contributed by atoms with Gasteiger partial charge in [0.05, 0.1) is 12.0 Å². The lowest BCUT2D eigenvalue weighted by molar-refractivity contribution is -0.136. The molecule has 0 aromatic heterocycles. The molecule has 5 nitrogen and oxygen atoms in total. The zero-order valence-electron chi connectivity index (χ0n) is 12.5. The number of aliphatic hydroxyl groups is 1. The topological polar surface area (TPSA) is 75.8 Å². The fraction of sp³-hybridized carbons (Fsp3) is 0.562. The van der Waals surface area contributed by atoms with E-state index in [0.29, 0.717) is 45.6 Å². The Morgan fingerprint density at radius 1 is 1.33 bits per heavy atom. The lowest BCUT2D eigenvalue weighted by Crippen LogP contribution is -2.47. The number of amides is 1. The average molecular weight is 292 g/mol. The summed E-state index contributed by atoms with van der Waals surface area (Å²) in [6, 6.07) is 7.70. The zero-order chi connectivity index (χ0) is 15.3. The highest BCUT2D eigenvalue weighted by atomic mass is 16.5. The van der Waals surface area contributed by atoms with Gasteiger partial charge in [0.25, 0.3) is 0 Å². The van der Waals surface area contributed by atoms with Crippen LogP contribution in [0.5, 0.6) is 0 Å². The van der Waals surface area contributed by atoms with Gasteiger partial charge in [0.15, 0.2) is 0 Å². The number of likely N-dealkylation sites (N-methyl/N-ethyl adjacent to an activating group) is 1. The zero-order valence-corrected chi connectivity index (χ0v) is 12.5. The molecule has 1 aliphatic heterocycles. The first-order chi connectivity index (χ1) is 10.0. The van der Waals surface area contributed by atoms with Gasteiger partial charge in [-0.1, -0.05) is 24.3 Å². The van der Waals surface area contributed by atoms with Gasteiger partial charge in [0, 0.05) is 46.2 Å². The van der Waals surface area contributed by atoms with Crippen LogP contribution in [-0.4, -0.2) is 48.3 Å². The number of benzene rings is 1. The Labute approximate surface area is 125 Å². The van der Waals surface area contributed by atoms with Crippen molar-refractivity contribution in [1.29, 1.82) is 0 Å². The maximum Gasteiger partial charge on any atom is 0.226 e. The third kappa shape index (κ3) is 4.27. The van der Waals surface area contributed by atoms with Crippen LogP contribution in [0.4, 0.5) is 0 Å². The first-order valence-corrected chi connectivity index (χ1v) is 7.35. The normalized spacial score (nSPS) is 17.5. The molecular weight excluding hydrogens is 268 g/mol. The molecule has 0 unspecified atom stereocenters. The Kier molecular flexibility index (Phi) is 5.33. The van der Waals surface area contributed by atoms with E-state index >= 15 is 0 Å². The number of nitrogens with two attached hydrogens (primary N) is 1. The van der Waals surface area contributed by atoms with E-state index in [4.69, 9.17) is 10.5 Å². The minimum atomic E-state index is -0.823. The molecule has 1 amide bonds. The van der Waals surface area contributed by atoms with Gasteiger partial charge in [-0.3, -0.25) is 4.79 Å². The van der Waals surface area contributed by atoms with E-state index < -0.39 is 5.60 Å². The van der Waals surface area contributed by atoms with Crippen LogP contribution >= 0.6 is 0 Å². The molecular formula is C16H24N2O3. The fourth-order valence-corrected chi connectivity index (χ4v) is 2.67. The van der Waals surface area contributed by atoms with Crippen molar-refractivity contribution in [3.63, 3.8) is 0 Å². The first kappa shape index (κ1) is 15.9. The van der Waals surface area contributed by atoms with Gasteiger partial charge in [-0.15, -0.1) is 0 Å². The fourth-order valence-electron chi connectivity index (χ4n) is 2.67. The number of ether oxygens (including phenoxy) is 1. The summed E-state index contributed by atoms with van der Waals surface area (Å²) in [5, 5.41) is 10.5. The summed E-state index contributed by atoms with van der Waals surface area (Å²) in [7, 11) is 1.74. The van der Waals surface area contributed by atoms with Gasteiger partial charge in [-0.05, 0) is 11.1 Å². The Morgan fingerprint density at radius 2 is 1.95 bits per heavy atom. The van der Waals surface area contributed by atoms with Crippen LogP contribution in [0.2, 0.25) is 0 Å². The molecule has 1 heterocycles. The number of nitrogens with zero attached hydrogens (tertiary/aromatic N) is 1. The van der Waals surface area contributed by atoms with Crippen LogP contribution in [0.3, 0.4) is 0 Å². The predicted molar refractivity (Wildman–Crippen MR) is 80.7 cm³/mol. The standard InChI is InChI=1S/C16H24N2O3/c1-18(12-16(20)6-8-21-9-7-16)15(19)10-13-4-2-3-5-14(13)11-17/h2-5,20H,6-12,17H2,1H3. The van der Waals surface area contributed by atoms with Crippen molar-refractivity contribution in [3.8, 4) is 0 Å². The Hall–Kier alpha value is -1.43. The summed E-state index contributed by atoms with van der Waals surface area (Å²) in [4.78, 5) is 13.9. The second-order valence-corrected chi connectivity index (χ2v) is 5.74. The van der Waals surface area contributed by atoms with E-state index in [-0.39, 0.29) is 5.91 Å². The largest absolute Gasteiger partial charge is 0.388 e. The summed E-state index contributed by atoms with van der Waals surface area (Å²) in [6.45, 7) is 1.87. The molecule has 21 heavy (non-hydrogen) atoms. The summed E-state index contributed by atoms with van der Waals surface area (Å²) < 4.78 is 5.26. The lowest BCUT2D eigenvalue weighted by Gasteiger charge is -2.35. The first-order valence-electron chi connectivity index (χ1n) is 7.35. The molecule has 1 saturated heterocycles. The minimum Gasteiger partial charge on any atom is -0.388 e. The molecule has 1 fully saturated rings. The van der Waals surface area contributed by atoms with Crippen LogP contribution < -0.4 is 5.73 Å². The monoisotopic (exact) mass is 292 g/mol. The van der Waals surface area contributed by atoms with Crippen LogP contribution in [0.15, 0.2) is 24.3 Å². The molecule has 1 aromatic rings. The average Bonchev–Trinajstić information content (AvgIpc) is 2.48. The Morgan fingerprint density at radius 3 is 2.57 bits per heavy atom. The highest BCUT2D eigenvalue weighted by molar-refractivity contribution is 5.79. The predicted octanol–water partition coefficient (Wildman–Crippen LogP) is 0.688. The highest BCUT2D eigenvalue weighted by Gasteiger charge is 2.32. The van der Waals surface area contributed by atoms with Crippen molar-refractivity contribution in [2.24, 2.45) is 5.73 Å². The molecule has 3 N–H and O–H groups in total. The number of hydrogen-bond acceptors (Lipinski definition) is 4. The molecule has 0 atom stereocenters. The van der Waals surface area contributed by atoms with E-state index in [1.165, 1.54) is 0 Å². The second-order valence-electron chi connectivity index (χ2n) is 5.74. The van der Waals surface area contributed by atoms with Crippen LogP contribution in [0, 0.1) is 0 Å². The van der Waals surface area contributed by atoms with Gasteiger partial charge in [0.2, 0.25) is 5.91 Å². The molecule has 116 valence electrons. The third-order valence-corrected chi connectivity index (χ3v) is 4.06. The summed E-state index contributed by atoms with van der Waals surface area (Å²) in [5.41, 5.74) is 6.82. The van der Waals surface area contributed by atoms with Gasteiger partial charge < -0.3 is 20.5 Å². The molecule has 0 spiro atoms. The molecule has 0 aliphatic carbocycles. The lowest BCUT2D eigenvalue weighted by atomic mass is 9.93. The Bertz CT molecular complexity index is 484. The Balaban J connectivity index is 1.96. The van der Waals surface area contributed by atoms with Gasteiger partial charge in [-0.2, -0.15) is 0 Å². The van der Waals surface area contributed by atoms with Gasteiger partial charge >= 0.3 is 0 Å². The summed E-state index contributed by atoms with van der Waals surface area (Å²) in [6.07, 6.45) is 1.46. The number of rotatable bonds is 5. The molecule has 2 rings (SSSR count). The van der Waals surface area contributed by atoms with Gasteiger partial charge in [-0.25, -0.2) is 0 Å². The van der Waals surface area contributed by atoms with E-state index in [1.807, 2.05) is 24.3 Å². The maximum atomic E-state index is 12.3. The smallest absolute Gasteiger partial charge is 0.226 e. The van der Waals surface area contributed by atoms with E-state index in [9.17, 15) is 9.90 Å². The van der Waals surface area contributed by atoms with Crippen molar-refractivity contribution < 1.29 is 14.6 Å². The molecule has 1 aromatic carbocycles. The SMILES string of the molecule is CN(CC1(O)CCOCC1)C(=O)Cc1ccccc1CN. The van der Waals surface area contributed by atoms with E-state index in [2.05, 4.69) is 0 Å². The third-order valence-electron chi connectivity index (χ3n) is 4.06. The maximum absolute atomic E-state index is 12.3. The molecule has 5 heteroatoms.